The minimum absolute atomic E-state index is 0.427. The molecule has 0 aliphatic heterocycles. The zero-order chi connectivity index (χ0) is 20.4. The number of anilines is 1. The summed E-state index contributed by atoms with van der Waals surface area (Å²) in [7, 11) is 0. The van der Waals surface area contributed by atoms with Crippen LogP contribution in [0.5, 0.6) is 0 Å². The molecule has 29 heavy (non-hydrogen) atoms. The van der Waals surface area contributed by atoms with E-state index >= 15 is 0 Å². The zero-order valence-corrected chi connectivity index (χ0v) is 15.7. The van der Waals surface area contributed by atoms with Crippen LogP contribution in [0, 0.1) is 0 Å². The lowest BCUT2D eigenvalue weighted by atomic mass is 10.1. The summed E-state index contributed by atoms with van der Waals surface area (Å²) >= 11 is 5.77. The molecule has 0 aliphatic carbocycles. The fourth-order valence-electron chi connectivity index (χ4n) is 2.92. The van der Waals surface area contributed by atoms with Crippen molar-refractivity contribution in [2.45, 2.75) is 19.1 Å². The number of aromatic nitrogens is 4. The van der Waals surface area contributed by atoms with Gasteiger partial charge in [-0.15, -0.1) is 0 Å². The van der Waals surface area contributed by atoms with Crippen molar-refractivity contribution in [1.29, 1.82) is 0 Å². The Morgan fingerprint density at radius 1 is 0.966 bits per heavy atom. The summed E-state index contributed by atoms with van der Waals surface area (Å²) in [5, 5.41) is 4.08. The molecule has 0 amide bonds. The number of halogens is 4. The van der Waals surface area contributed by atoms with Gasteiger partial charge in [-0.1, -0.05) is 23.7 Å². The van der Waals surface area contributed by atoms with Gasteiger partial charge >= 0.3 is 6.18 Å². The highest BCUT2D eigenvalue weighted by Gasteiger charge is 2.31. The Labute approximate surface area is 169 Å². The standard InChI is InChI=1S/C20H15ClF3N5/c21-17-3-1-13(8-25-17)9-27-18-4-2-12(7-26-18)5-14-10-28-19-16(14)6-15(11-29-19)20(22,23)24/h1-4,6-8,10-11H,5,9H2,(H,26,27)(H,28,29). The van der Waals surface area contributed by atoms with Gasteiger partial charge in [0.15, 0.2) is 0 Å². The van der Waals surface area contributed by atoms with Gasteiger partial charge in [0.05, 0.1) is 5.56 Å². The molecule has 0 saturated carbocycles. The van der Waals surface area contributed by atoms with Crippen molar-refractivity contribution in [1.82, 2.24) is 19.9 Å². The van der Waals surface area contributed by atoms with Crippen LogP contribution in [0.25, 0.3) is 11.0 Å². The number of aromatic amines is 1. The first-order chi connectivity index (χ1) is 13.9. The van der Waals surface area contributed by atoms with Crippen LogP contribution >= 0.6 is 11.6 Å². The van der Waals surface area contributed by atoms with Crippen molar-refractivity contribution in [2.24, 2.45) is 0 Å². The SMILES string of the molecule is FC(F)(F)c1cnc2[nH]cc(Cc3ccc(NCc4ccc(Cl)nc4)nc3)c2c1. The predicted molar refractivity (Wildman–Crippen MR) is 105 cm³/mol. The zero-order valence-electron chi connectivity index (χ0n) is 15.0. The molecule has 4 aromatic rings. The molecule has 0 unspecified atom stereocenters. The number of hydrogen-bond donors (Lipinski definition) is 2. The predicted octanol–water partition coefficient (Wildman–Crippen LogP) is 5.23. The van der Waals surface area contributed by atoms with Crippen LogP contribution in [0.3, 0.4) is 0 Å². The summed E-state index contributed by atoms with van der Waals surface area (Å²) in [6.07, 6.45) is 1.91. The van der Waals surface area contributed by atoms with Crippen LogP contribution in [0.1, 0.15) is 22.3 Å². The van der Waals surface area contributed by atoms with E-state index in [0.29, 0.717) is 35.0 Å². The van der Waals surface area contributed by atoms with E-state index in [1.54, 1.807) is 24.7 Å². The van der Waals surface area contributed by atoms with Gasteiger partial charge in [0.2, 0.25) is 0 Å². The van der Waals surface area contributed by atoms with Gasteiger partial charge in [-0.2, -0.15) is 13.2 Å². The van der Waals surface area contributed by atoms with Gasteiger partial charge in [0.1, 0.15) is 16.6 Å². The second kappa shape index (κ2) is 7.71. The minimum atomic E-state index is -4.43. The third kappa shape index (κ3) is 4.48. The molecule has 9 heteroatoms. The van der Waals surface area contributed by atoms with Gasteiger partial charge < -0.3 is 10.3 Å². The summed E-state index contributed by atoms with van der Waals surface area (Å²) in [5.41, 5.74) is 2.23. The van der Waals surface area contributed by atoms with Crippen LogP contribution in [-0.2, 0) is 19.1 Å². The van der Waals surface area contributed by atoms with Crippen molar-refractivity contribution >= 4 is 28.5 Å². The van der Waals surface area contributed by atoms with E-state index in [-0.39, 0.29) is 0 Å². The second-order valence-electron chi connectivity index (χ2n) is 6.50. The number of rotatable bonds is 5. The van der Waals surface area contributed by atoms with Gasteiger partial charge in [-0.25, -0.2) is 15.0 Å². The van der Waals surface area contributed by atoms with Crippen molar-refractivity contribution in [3.05, 3.63) is 82.5 Å². The van der Waals surface area contributed by atoms with E-state index in [1.807, 2.05) is 18.2 Å². The highest BCUT2D eigenvalue weighted by molar-refractivity contribution is 6.29. The fourth-order valence-corrected chi connectivity index (χ4v) is 3.03. The molecule has 148 valence electrons. The van der Waals surface area contributed by atoms with E-state index < -0.39 is 11.7 Å². The Hall–Kier alpha value is -3.13. The third-order valence-electron chi connectivity index (χ3n) is 4.43. The lowest BCUT2D eigenvalue weighted by molar-refractivity contribution is -0.137. The Morgan fingerprint density at radius 3 is 2.45 bits per heavy atom. The minimum Gasteiger partial charge on any atom is -0.366 e. The van der Waals surface area contributed by atoms with Gasteiger partial charge in [-0.3, -0.25) is 0 Å². The fraction of sp³-hybridized carbons (Fsp3) is 0.150. The van der Waals surface area contributed by atoms with Crippen LogP contribution in [-0.4, -0.2) is 19.9 Å². The topological polar surface area (TPSA) is 66.5 Å². The summed E-state index contributed by atoms with van der Waals surface area (Å²) in [5.74, 6) is 0.684. The van der Waals surface area contributed by atoms with Crippen LogP contribution in [0.4, 0.5) is 19.0 Å². The molecular formula is C20H15ClF3N5. The summed E-state index contributed by atoms with van der Waals surface area (Å²) in [6.45, 7) is 0.546. The number of H-pyrrole nitrogens is 1. The van der Waals surface area contributed by atoms with Crippen LogP contribution < -0.4 is 5.32 Å². The van der Waals surface area contributed by atoms with E-state index in [2.05, 4.69) is 25.3 Å². The van der Waals surface area contributed by atoms with E-state index in [4.69, 9.17) is 11.6 Å². The first kappa shape index (κ1) is 19.2. The van der Waals surface area contributed by atoms with Crippen molar-refractivity contribution < 1.29 is 13.2 Å². The number of alkyl halides is 3. The van der Waals surface area contributed by atoms with Crippen molar-refractivity contribution in [2.75, 3.05) is 5.32 Å². The molecule has 0 bridgehead atoms. The molecule has 0 aromatic carbocycles. The Bertz CT molecular complexity index is 1120. The van der Waals surface area contributed by atoms with E-state index in [9.17, 15) is 13.2 Å². The molecule has 0 spiro atoms. The molecule has 4 rings (SSSR count). The molecule has 0 radical (unpaired) electrons. The molecule has 0 saturated heterocycles. The Balaban J connectivity index is 1.46. The van der Waals surface area contributed by atoms with Crippen molar-refractivity contribution in [3.63, 3.8) is 0 Å². The smallest absolute Gasteiger partial charge is 0.366 e. The lowest BCUT2D eigenvalue weighted by Gasteiger charge is -2.08. The van der Waals surface area contributed by atoms with E-state index in [1.165, 1.54) is 0 Å². The molecule has 4 aromatic heterocycles. The summed E-state index contributed by atoms with van der Waals surface area (Å²) in [4.78, 5) is 15.2. The molecule has 4 heterocycles. The molecule has 0 fully saturated rings. The summed E-state index contributed by atoms with van der Waals surface area (Å²) in [6, 6.07) is 8.42. The normalized spacial score (nSPS) is 11.7. The van der Waals surface area contributed by atoms with Gasteiger partial charge in [0.25, 0.3) is 0 Å². The molecule has 0 aliphatic rings. The number of pyridine rings is 3. The average molecular weight is 418 g/mol. The highest BCUT2D eigenvalue weighted by atomic mass is 35.5. The third-order valence-corrected chi connectivity index (χ3v) is 4.65. The maximum absolute atomic E-state index is 13.0. The largest absolute Gasteiger partial charge is 0.417 e. The molecular weight excluding hydrogens is 403 g/mol. The maximum atomic E-state index is 13.0. The van der Waals surface area contributed by atoms with E-state index in [0.717, 1.165) is 29.0 Å². The highest BCUT2D eigenvalue weighted by Crippen LogP contribution is 2.31. The number of nitrogens with one attached hydrogen (secondary N) is 2. The molecule has 5 nitrogen and oxygen atoms in total. The van der Waals surface area contributed by atoms with Crippen LogP contribution in [0.15, 0.2) is 55.1 Å². The number of nitrogens with zero attached hydrogens (tertiary/aromatic N) is 3. The number of fused-ring (bicyclic) bond motifs is 1. The lowest BCUT2D eigenvalue weighted by Crippen LogP contribution is -2.05. The molecule has 0 atom stereocenters. The Kier molecular flexibility index (Phi) is 5.10. The van der Waals surface area contributed by atoms with Crippen LogP contribution in [0.2, 0.25) is 5.15 Å². The first-order valence-corrected chi connectivity index (χ1v) is 9.09. The summed E-state index contributed by atoms with van der Waals surface area (Å²) < 4.78 is 38.9. The number of hydrogen-bond acceptors (Lipinski definition) is 4. The monoisotopic (exact) mass is 417 g/mol. The average Bonchev–Trinajstić information content (AvgIpc) is 3.10. The second-order valence-corrected chi connectivity index (χ2v) is 6.89. The molecule has 2 N–H and O–H groups in total. The first-order valence-electron chi connectivity index (χ1n) is 8.71. The maximum Gasteiger partial charge on any atom is 0.417 e. The quantitative estimate of drug-likeness (QED) is 0.436. The van der Waals surface area contributed by atoms with Crippen molar-refractivity contribution in [3.8, 4) is 0 Å². The van der Waals surface area contributed by atoms with Gasteiger partial charge in [0, 0.05) is 43.1 Å². The Morgan fingerprint density at radius 2 is 1.76 bits per heavy atom. The van der Waals surface area contributed by atoms with Gasteiger partial charge in [-0.05, 0) is 34.9 Å².